The van der Waals surface area contributed by atoms with Crippen molar-refractivity contribution in [3.63, 3.8) is 0 Å². The summed E-state index contributed by atoms with van der Waals surface area (Å²) in [7, 11) is 0. The summed E-state index contributed by atoms with van der Waals surface area (Å²) in [5.74, 6) is 0.00389. The van der Waals surface area contributed by atoms with Gasteiger partial charge in [0, 0.05) is 6.20 Å². The van der Waals surface area contributed by atoms with E-state index in [9.17, 15) is 0 Å². The van der Waals surface area contributed by atoms with Crippen LogP contribution in [0.5, 0.6) is 0 Å². The smallest absolute Gasteiger partial charge is 0.127 e. The number of hydrogen-bond acceptors (Lipinski definition) is 4. The topological polar surface area (TPSA) is 91.4 Å². The number of nitrogens with two attached hydrogens (primary N) is 1. The summed E-state index contributed by atoms with van der Waals surface area (Å²) in [6, 6.07) is 0. The van der Waals surface area contributed by atoms with Crippen LogP contribution in [0.2, 0.25) is 0 Å². The molecule has 0 aromatic carbocycles. The molecule has 1 aliphatic rings. The normalized spacial score (nSPS) is 28.1. The second-order valence-corrected chi connectivity index (χ2v) is 2.96. The summed E-state index contributed by atoms with van der Waals surface area (Å²) in [5.41, 5.74) is 5.11. The monoisotopic (exact) mass is 185 g/mol. The van der Waals surface area contributed by atoms with Gasteiger partial charge in [0.05, 0.1) is 12.7 Å². The van der Waals surface area contributed by atoms with Crippen molar-refractivity contribution in [2.24, 2.45) is 5.73 Å². The minimum atomic E-state index is -0.0623. The Labute approximate surface area is 77.1 Å². The molecule has 1 unspecified atom stereocenters. The predicted molar refractivity (Wildman–Crippen MR) is 49.2 cm³/mol. The number of hydrogen-bond donors (Lipinski definition) is 4. The molecule has 1 fully saturated rings. The Hall–Kier alpha value is -1.07. The maximum absolute atomic E-state index is 8.77. The molecule has 13 heavy (non-hydrogen) atoms. The molecule has 5 N–H and O–H groups in total. The van der Waals surface area contributed by atoms with E-state index in [1.807, 2.05) is 0 Å². The van der Waals surface area contributed by atoms with Gasteiger partial charge in [-0.15, -0.1) is 0 Å². The fourth-order valence-electron chi connectivity index (χ4n) is 1.21. The minimum Gasteiger partial charge on any atom is -0.394 e. The van der Waals surface area contributed by atoms with Crippen LogP contribution >= 0.6 is 0 Å². The van der Waals surface area contributed by atoms with Gasteiger partial charge >= 0.3 is 0 Å². The van der Waals surface area contributed by atoms with E-state index in [0.717, 1.165) is 12.8 Å². The SMILES string of the molecule is N=C(N)/C=C\NC1CC[C@H](CO)O1. The zero-order valence-electron chi connectivity index (χ0n) is 7.36. The lowest BCUT2D eigenvalue weighted by atomic mass is 10.2. The van der Waals surface area contributed by atoms with Crippen LogP contribution in [0.1, 0.15) is 12.8 Å². The highest BCUT2D eigenvalue weighted by Crippen LogP contribution is 2.16. The van der Waals surface area contributed by atoms with E-state index in [1.54, 1.807) is 6.20 Å². The predicted octanol–water partition coefficient (Wildman–Crippen LogP) is -0.477. The molecule has 0 aromatic rings. The lowest BCUT2D eigenvalue weighted by molar-refractivity contribution is 0.00320. The number of nitrogens with one attached hydrogen (secondary N) is 2. The summed E-state index contributed by atoms with van der Waals surface area (Å²) in [6.07, 6.45) is 4.66. The van der Waals surface area contributed by atoms with Gasteiger partial charge in [-0.2, -0.15) is 0 Å². The average molecular weight is 185 g/mol. The van der Waals surface area contributed by atoms with Gasteiger partial charge in [-0.3, -0.25) is 5.41 Å². The zero-order valence-corrected chi connectivity index (χ0v) is 7.36. The molecule has 0 radical (unpaired) electrons. The molecule has 0 aliphatic carbocycles. The second kappa shape index (κ2) is 4.84. The van der Waals surface area contributed by atoms with Crippen LogP contribution in [0.25, 0.3) is 0 Å². The maximum Gasteiger partial charge on any atom is 0.127 e. The highest BCUT2D eigenvalue weighted by atomic mass is 16.5. The number of aliphatic hydroxyl groups excluding tert-OH is 1. The Morgan fingerprint density at radius 3 is 3.00 bits per heavy atom. The highest BCUT2D eigenvalue weighted by Gasteiger charge is 2.22. The van der Waals surface area contributed by atoms with Crippen LogP contribution in [0, 0.1) is 5.41 Å². The van der Waals surface area contributed by atoms with Crippen molar-refractivity contribution < 1.29 is 9.84 Å². The van der Waals surface area contributed by atoms with E-state index in [4.69, 9.17) is 21.0 Å². The Morgan fingerprint density at radius 2 is 2.46 bits per heavy atom. The number of ether oxygens (including phenoxy) is 1. The lowest BCUT2D eigenvalue weighted by Gasteiger charge is -2.11. The molecule has 1 saturated heterocycles. The lowest BCUT2D eigenvalue weighted by Crippen LogP contribution is -2.25. The third-order valence-electron chi connectivity index (χ3n) is 1.86. The molecule has 1 aliphatic heterocycles. The molecule has 0 saturated carbocycles. The van der Waals surface area contributed by atoms with Crippen LogP contribution in [0.3, 0.4) is 0 Å². The third-order valence-corrected chi connectivity index (χ3v) is 1.86. The van der Waals surface area contributed by atoms with Gasteiger partial charge in [0.15, 0.2) is 0 Å². The summed E-state index contributed by atoms with van der Waals surface area (Å²) in [4.78, 5) is 0. The summed E-state index contributed by atoms with van der Waals surface area (Å²) >= 11 is 0. The Kier molecular flexibility index (Phi) is 3.72. The largest absolute Gasteiger partial charge is 0.394 e. The van der Waals surface area contributed by atoms with Gasteiger partial charge in [0.2, 0.25) is 0 Å². The Morgan fingerprint density at radius 1 is 1.69 bits per heavy atom. The Balaban J connectivity index is 2.20. The van der Waals surface area contributed by atoms with Gasteiger partial charge < -0.3 is 20.9 Å². The van der Waals surface area contributed by atoms with E-state index < -0.39 is 0 Å². The molecule has 1 heterocycles. The fraction of sp³-hybridized carbons (Fsp3) is 0.625. The quantitative estimate of drug-likeness (QED) is 0.352. The van der Waals surface area contributed by atoms with Crippen LogP contribution in [0.15, 0.2) is 12.3 Å². The van der Waals surface area contributed by atoms with E-state index in [0.29, 0.717) is 0 Å². The van der Waals surface area contributed by atoms with Crippen molar-refractivity contribution in [3.8, 4) is 0 Å². The summed E-state index contributed by atoms with van der Waals surface area (Å²) in [6.45, 7) is 0.0641. The van der Waals surface area contributed by atoms with Crippen LogP contribution < -0.4 is 11.1 Å². The van der Waals surface area contributed by atoms with Crippen molar-refractivity contribution in [1.82, 2.24) is 5.32 Å². The molecule has 0 amide bonds. The first-order valence-electron chi connectivity index (χ1n) is 4.25. The maximum atomic E-state index is 8.77. The summed E-state index contributed by atoms with van der Waals surface area (Å²) < 4.78 is 5.37. The molecule has 1 rings (SSSR count). The minimum absolute atomic E-state index is 0.00389. The highest BCUT2D eigenvalue weighted by molar-refractivity contribution is 5.88. The zero-order chi connectivity index (χ0) is 9.68. The molecule has 0 spiro atoms. The van der Waals surface area contributed by atoms with Crippen molar-refractivity contribution in [2.75, 3.05) is 6.61 Å². The first-order chi connectivity index (χ1) is 6.22. The summed E-state index contributed by atoms with van der Waals surface area (Å²) in [5, 5.41) is 18.6. The Bertz CT molecular complexity index is 206. The number of rotatable bonds is 4. The van der Waals surface area contributed by atoms with Gasteiger partial charge in [-0.1, -0.05) is 0 Å². The fourth-order valence-corrected chi connectivity index (χ4v) is 1.21. The van der Waals surface area contributed by atoms with Crippen molar-refractivity contribution in [1.29, 1.82) is 5.41 Å². The van der Waals surface area contributed by atoms with Gasteiger partial charge in [-0.25, -0.2) is 0 Å². The first kappa shape index (κ1) is 10.0. The number of aliphatic hydroxyl groups is 1. The van der Waals surface area contributed by atoms with Crippen LogP contribution in [-0.4, -0.2) is 29.9 Å². The van der Waals surface area contributed by atoms with Crippen molar-refractivity contribution in [3.05, 3.63) is 12.3 Å². The second-order valence-electron chi connectivity index (χ2n) is 2.96. The number of amidine groups is 1. The van der Waals surface area contributed by atoms with Crippen LogP contribution in [-0.2, 0) is 4.74 Å². The molecule has 5 heteroatoms. The molecule has 5 nitrogen and oxygen atoms in total. The molecule has 2 atom stereocenters. The van der Waals surface area contributed by atoms with Crippen molar-refractivity contribution in [2.45, 2.75) is 25.2 Å². The van der Waals surface area contributed by atoms with Gasteiger partial charge in [0.25, 0.3) is 0 Å². The van der Waals surface area contributed by atoms with Gasteiger partial charge in [-0.05, 0) is 18.9 Å². The van der Waals surface area contributed by atoms with E-state index in [-0.39, 0.29) is 24.8 Å². The molecule has 74 valence electrons. The molecular formula is C8H15N3O2. The molecule has 0 bridgehead atoms. The van der Waals surface area contributed by atoms with Gasteiger partial charge in [0.1, 0.15) is 12.1 Å². The standard InChI is InChI=1S/C8H15N3O2/c9-7(10)3-4-11-8-2-1-6(5-12)13-8/h3-4,6,8,11-12H,1-2,5H2,(H3,9,10)/b4-3-/t6-,8?/m1/s1. The first-order valence-corrected chi connectivity index (χ1v) is 4.25. The molecular weight excluding hydrogens is 170 g/mol. The molecule has 0 aromatic heterocycles. The van der Waals surface area contributed by atoms with E-state index in [1.165, 1.54) is 6.08 Å². The van der Waals surface area contributed by atoms with E-state index in [2.05, 4.69) is 5.32 Å². The third kappa shape index (κ3) is 3.43. The van der Waals surface area contributed by atoms with Crippen LogP contribution in [0.4, 0.5) is 0 Å². The van der Waals surface area contributed by atoms with Crippen molar-refractivity contribution >= 4 is 5.84 Å². The van der Waals surface area contributed by atoms with E-state index >= 15 is 0 Å². The average Bonchev–Trinajstić information content (AvgIpc) is 2.52.